The summed E-state index contributed by atoms with van der Waals surface area (Å²) in [5.74, 6) is 0. The Morgan fingerprint density at radius 1 is 1.05 bits per heavy atom. The summed E-state index contributed by atoms with van der Waals surface area (Å²) < 4.78 is 0. The van der Waals surface area contributed by atoms with Gasteiger partial charge in [0.1, 0.15) is 0 Å². The Hall–Kier alpha value is -2.15. The van der Waals surface area contributed by atoms with E-state index in [9.17, 15) is 4.79 Å². The molecule has 0 amide bonds. The van der Waals surface area contributed by atoms with Gasteiger partial charge in [0.2, 0.25) is 0 Å². The molecule has 0 aliphatic heterocycles. The Balaban J connectivity index is 2.11. The summed E-state index contributed by atoms with van der Waals surface area (Å²) in [5, 5.41) is 2.30. The van der Waals surface area contributed by atoms with Crippen LogP contribution in [-0.4, -0.2) is 6.29 Å². The van der Waals surface area contributed by atoms with E-state index < -0.39 is 0 Å². The van der Waals surface area contributed by atoms with Crippen molar-refractivity contribution in [3.8, 4) is 0 Å². The lowest BCUT2D eigenvalue weighted by molar-refractivity contribution is 0.112. The van der Waals surface area contributed by atoms with Crippen LogP contribution in [0.4, 0.5) is 0 Å². The van der Waals surface area contributed by atoms with Crippen molar-refractivity contribution in [3.05, 3.63) is 65.3 Å². The maximum atomic E-state index is 11.5. The van der Waals surface area contributed by atoms with Crippen LogP contribution < -0.4 is 0 Å². The third-order valence-electron chi connectivity index (χ3n) is 4.13. The summed E-state index contributed by atoms with van der Waals surface area (Å²) in [4.78, 5) is 11.5. The second kappa shape index (κ2) is 5.00. The van der Waals surface area contributed by atoms with Gasteiger partial charge in [-0.3, -0.25) is 4.79 Å². The summed E-state index contributed by atoms with van der Waals surface area (Å²) >= 11 is 0. The molecular weight excluding hydrogens is 256 g/mol. The van der Waals surface area contributed by atoms with E-state index >= 15 is 0 Å². The molecule has 0 heterocycles. The number of benzene rings is 2. The van der Waals surface area contributed by atoms with Crippen LogP contribution in [0.5, 0.6) is 0 Å². The van der Waals surface area contributed by atoms with Gasteiger partial charge in [-0.1, -0.05) is 57.2 Å². The molecule has 21 heavy (non-hydrogen) atoms. The lowest BCUT2D eigenvalue weighted by atomic mass is 9.87. The minimum absolute atomic E-state index is 0.153. The molecule has 2 aromatic carbocycles. The fraction of sp³-hybridized carbons (Fsp3) is 0.250. The Labute approximate surface area is 126 Å². The van der Waals surface area contributed by atoms with Gasteiger partial charge in [-0.25, -0.2) is 0 Å². The molecular formula is C20H20O. The van der Waals surface area contributed by atoms with Crippen LogP contribution in [0.2, 0.25) is 0 Å². The van der Waals surface area contributed by atoms with Crippen LogP contribution in [-0.2, 0) is 0 Å². The predicted octanol–water partition coefficient (Wildman–Crippen LogP) is 5.41. The molecule has 0 spiro atoms. The van der Waals surface area contributed by atoms with Gasteiger partial charge >= 0.3 is 0 Å². The number of rotatable bonds is 2. The first-order valence-electron chi connectivity index (χ1n) is 7.38. The van der Waals surface area contributed by atoms with Crippen molar-refractivity contribution < 1.29 is 4.79 Å². The molecule has 0 unspecified atom stereocenters. The number of carbonyl (C=O) groups excluding carboxylic acids is 1. The van der Waals surface area contributed by atoms with E-state index in [1.165, 1.54) is 16.5 Å². The van der Waals surface area contributed by atoms with E-state index in [-0.39, 0.29) is 5.41 Å². The van der Waals surface area contributed by atoms with E-state index in [1.54, 1.807) is 0 Å². The topological polar surface area (TPSA) is 17.1 Å². The van der Waals surface area contributed by atoms with Gasteiger partial charge in [0.05, 0.1) is 0 Å². The maximum Gasteiger partial charge on any atom is 0.150 e. The van der Waals surface area contributed by atoms with E-state index in [0.717, 1.165) is 29.2 Å². The normalized spacial score (nSPS) is 15.0. The van der Waals surface area contributed by atoms with Crippen LogP contribution in [0.15, 0.2) is 54.1 Å². The molecule has 106 valence electrons. The average Bonchev–Trinajstić information content (AvgIpc) is 2.95. The minimum Gasteiger partial charge on any atom is -0.298 e. The van der Waals surface area contributed by atoms with Gasteiger partial charge in [0.15, 0.2) is 6.29 Å². The van der Waals surface area contributed by atoms with Crippen LogP contribution in [0.25, 0.3) is 16.3 Å². The molecule has 3 rings (SSSR count). The van der Waals surface area contributed by atoms with Crippen molar-refractivity contribution in [2.24, 2.45) is 5.41 Å². The summed E-state index contributed by atoms with van der Waals surface area (Å²) in [6, 6.07) is 12.3. The first-order valence-corrected chi connectivity index (χ1v) is 7.38. The van der Waals surface area contributed by atoms with Crippen molar-refractivity contribution >= 4 is 22.6 Å². The zero-order valence-corrected chi connectivity index (χ0v) is 12.8. The summed E-state index contributed by atoms with van der Waals surface area (Å²) in [6.07, 6.45) is 6.40. The van der Waals surface area contributed by atoms with Crippen molar-refractivity contribution in [1.29, 1.82) is 0 Å². The third kappa shape index (κ3) is 2.56. The fourth-order valence-corrected chi connectivity index (χ4v) is 2.87. The highest BCUT2D eigenvalue weighted by Gasteiger charge is 2.21. The third-order valence-corrected chi connectivity index (χ3v) is 4.13. The highest BCUT2D eigenvalue weighted by molar-refractivity contribution is 5.96. The van der Waals surface area contributed by atoms with Crippen LogP contribution in [0.1, 0.15) is 43.1 Å². The largest absolute Gasteiger partial charge is 0.298 e. The van der Waals surface area contributed by atoms with E-state index in [1.807, 2.05) is 24.3 Å². The molecule has 0 saturated carbocycles. The molecule has 0 atom stereocenters. The molecule has 0 radical (unpaired) electrons. The average molecular weight is 276 g/mol. The number of carbonyl (C=O) groups is 1. The van der Waals surface area contributed by atoms with Gasteiger partial charge in [0, 0.05) is 5.56 Å². The first kappa shape index (κ1) is 13.8. The molecule has 1 aliphatic carbocycles. The molecule has 1 aliphatic rings. The van der Waals surface area contributed by atoms with E-state index in [0.29, 0.717) is 0 Å². The van der Waals surface area contributed by atoms with Crippen molar-refractivity contribution in [3.63, 3.8) is 0 Å². The van der Waals surface area contributed by atoms with Crippen molar-refractivity contribution in [2.45, 2.75) is 27.2 Å². The van der Waals surface area contributed by atoms with Gasteiger partial charge < -0.3 is 0 Å². The van der Waals surface area contributed by atoms with Gasteiger partial charge in [0.25, 0.3) is 0 Å². The zero-order chi connectivity index (χ0) is 15.0. The summed E-state index contributed by atoms with van der Waals surface area (Å²) in [7, 11) is 0. The molecule has 2 aromatic rings. The first-order chi connectivity index (χ1) is 9.99. The zero-order valence-electron chi connectivity index (χ0n) is 12.8. The predicted molar refractivity (Wildman–Crippen MR) is 89.5 cm³/mol. The lowest BCUT2D eigenvalue weighted by Gasteiger charge is -2.18. The smallest absolute Gasteiger partial charge is 0.150 e. The fourth-order valence-electron chi connectivity index (χ4n) is 2.87. The van der Waals surface area contributed by atoms with Crippen LogP contribution in [0, 0.1) is 5.41 Å². The second-order valence-corrected chi connectivity index (χ2v) is 6.69. The molecule has 0 saturated heterocycles. The van der Waals surface area contributed by atoms with Crippen LogP contribution >= 0.6 is 0 Å². The quantitative estimate of drug-likeness (QED) is 0.670. The number of allylic oxidation sites excluding steroid dienone is 4. The van der Waals surface area contributed by atoms with Gasteiger partial charge in [-0.05, 0) is 51.5 Å². The SMILES string of the molecule is CC(C)(C)C1=CCC(c2cc3ccccc3cc2C=O)=C1. The van der Waals surface area contributed by atoms with Crippen LogP contribution in [0.3, 0.4) is 0 Å². The molecule has 0 aromatic heterocycles. The number of aldehydes is 1. The lowest BCUT2D eigenvalue weighted by Crippen LogP contribution is -2.05. The number of hydrogen-bond acceptors (Lipinski definition) is 1. The maximum absolute atomic E-state index is 11.5. The van der Waals surface area contributed by atoms with Crippen molar-refractivity contribution in [2.75, 3.05) is 0 Å². The van der Waals surface area contributed by atoms with Gasteiger partial charge in [-0.15, -0.1) is 0 Å². The molecule has 0 bridgehead atoms. The summed E-state index contributed by atoms with van der Waals surface area (Å²) in [5.41, 5.74) is 4.60. The van der Waals surface area contributed by atoms with E-state index in [4.69, 9.17) is 0 Å². The Morgan fingerprint density at radius 3 is 2.29 bits per heavy atom. The second-order valence-electron chi connectivity index (χ2n) is 6.69. The van der Waals surface area contributed by atoms with Gasteiger partial charge in [-0.2, -0.15) is 0 Å². The molecule has 1 nitrogen and oxygen atoms in total. The number of hydrogen-bond donors (Lipinski definition) is 0. The Bertz CT molecular complexity index is 770. The highest BCUT2D eigenvalue weighted by atomic mass is 16.1. The van der Waals surface area contributed by atoms with Crippen molar-refractivity contribution in [1.82, 2.24) is 0 Å². The summed E-state index contributed by atoms with van der Waals surface area (Å²) in [6.45, 7) is 6.66. The highest BCUT2D eigenvalue weighted by Crippen LogP contribution is 2.37. The number of fused-ring (bicyclic) bond motifs is 1. The molecule has 0 fully saturated rings. The molecule has 1 heteroatoms. The standard InChI is InChI=1S/C20H20O/c1-20(2,3)18-9-8-16(11-18)19-12-15-7-5-4-6-14(15)10-17(19)13-21/h4-7,9-13H,8H2,1-3H3. The monoisotopic (exact) mass is 276 g/mol. The molecule has 0 N–H and O–H groups in total. The minimum atomic E-state index is 0.153. The Morgan fingerprint density at radius 2 is 1.71 bits per heavy atom. The Kier molecular flexibility index (Phi) is 3.29. The van der Waals surface area contributed by atoms with E-state index in [2.05, 4.69) is 45.1 Å².